The molecule has 0 N–H and O–H groups in total. The molecule has 1 atom stereocenters. The molecule has 1 aliphatic heterocycles. The summed E-state index contributed by atoms with van der Waals surface area (Å²) in [5.74, 6) is 0. The van der Waals surface area contributed by atoms with E-state index in [0.29, 0.717) is 12.2 Å². The largest absolute Gasteiger partial charge is 0.379 e. The lowest BCUT2D eigenvalue weighted by atomic mass is 10.3. The van der Waals surface area contributed by atoms with Gasteiger partial charge in [-0.3, -0.25) is 4.90 Å². The molecule has 0 saturated carbocycles. The first-order valence-electron chi connectivity index (χ1n) is 5.64. The van der Waals surface area contributed by atoms with Crippen molar-refractivity contribution >= 4 is 0 Å². The van der Waals surface area contributed by atoms with Crippen LogP contribution in [0.4, 0.5) is 0 Å². The van der Waals surface area contributed by atoms with Gasteiger partial charge in [0.1, 0.15) is 0 Å². The first kappa shape index (κ1) is 12.0. The Balaban J connectivity index is 2.00. The van der Waals surface area contributed by atoms with E-state index in [0.717, 1.165) is 39.3 Å². The fourth-order valence-electron chi connectivity index (χ4n) is 1.70. The lowest BCUT2D eigenvalue weighted by Gasteiger charge is -2.31. The van der Waals surface area contributed by atoms with Crippen molar-refractivity contribution in [2.24, 2.45) is 0 Å². The van der Waals surface area contributed by atoms with Crippen LogP contribution in [0, 0.1) is 0 Å². The predicted octanol–water partition coefficient (Wildman–Crippen LogP) is 1.52. The highest BCUT2D eigenvalue weighted by Crippen LogP contribution is 2.04. The molecule has 0 aromatic carbocycles. The summed E-state index contributed by atoms with van der Waals surface area (Å²) in [6.45, 7) is 11.3. The summed E-state index contributed by atoms with van der Waals surface area (Å²) < 4.78 is 11.0. The van der Waals surface area contributed by atoms with Gasteiger partial charge in [0.25, 0.3) is 0 Å². The molecule has 14 heavy (non-hydrogen) atoms. The van der Waals surface area contributed by atoms with Crippen molar-refractivity contribution in [1.82, 2.24) is 4.90 Å². The Hall–Kier alpha value is -0.120. The summed E-state index contributed by atoms with van der Waals surface area (Å²) in [6.07, 6.45) is 1.89. The monoisotopic (exact) mass is 201 g/mol. The van der Waals surface area contributed by atoms with Crippen LogP contribution in [0.3, 0.4) is 0 Å². The van der Waals surface area contributed by atoms with Crippen LogP contribution in [0.1, 0.15) is 27.2 Å². The van der Waals surface area contributed by atoms with Crippen molar-refractivity contribution in [2.45, 2.75) is 39.4 Å². The molecule has 0 aliphatic carbocycles. The number of hydrogen-bond acceptors (Lipinski definition) is 3. The van der Waals surface area contributed by atoms with Crippen LogP contribution in [0.15, 0.2) is 0 Å². The molecule has 0 spiro atoms. The maximum absolute atomic E-state index is 5.50. The molecular formula is C11H23NO2. The average molecular weight is 201 g/mol. The fraction of sp³-hybridized carbons (Fsp3) is 1.00. The van der Waals surface area contributed by atoms with Gasteiger partial charge < -0.3 is 9.47 Å². The molecule has 0 unspecified atom stereocenters. The summed E-state index contributed by atoms with van der Waals surface area (Å²) in [5, 5.41) is 0. The van der Waals surface area contributed by atoms with Crippen LogP contribution < -0.4 is 0 Å². The number of ether oxygens (including phenoxy) is 2. The third-order valence-corrected chi connectivity index (χ3v) is 2.40. The van der Waals surface area contributed by atoms with Crippen molar-refractivity contribution in [3.05, 3.63) is 0 Å². The third kappa shape index (κ3) is 4.94. The van der Waals surface area contributed by atoms with Gasteiger partial charge >= 0.3 is 0 Å². The van der Waals surface area contributed by atoms with E-state index in [2.05, 4.69) is 25.7 Å². The standard InChI is InChI=1S/C11H23NO2/c1-10(2)13-7-4-5-12-6-8-14-11(3)9-12/h10-11H,4-9H2,1-3H3/t11-/m1/s1. The fourth-order valence-corrected chi connectivity index (χ4v) is 1.70. The molecule has 1 aliphatic rings. The van der Waals surface area contributed by atoms with Crippen molar-refractivity contribution in [1.29, 1.82) is 0 Å². The molecule has 1 rings (SSSR count). The maximum Gasteiger partial charge on any atom is 0.0674 e. The van der Waals surface area contributed by atoms with E-state index in [9.17, 15) is 0 Å². The van der Waals surface area contributed by atoms with Crippen LogP contribution >= 0.6 is 0 Å². The van der Waals surface area contributed by atoms with Crippen LogP contribution in [0.25, 0.3) is 0 Å². The summed E-state index contributed by atoms with van der Waals surface area (Å²) >= 11 is 0. The molecule has 1 fully saturated rings. The Bertz CT molecular complexity index is 150. The van der Waals surface area contributed by atoms with Crippen LogP contribution in [0.2, 0.25) is 0 Å². The Labute approximate surface area is 87.4 Å². The van der Waals surface area contributed by atoms with Crippen molar-refractivity contribution in [2.75, 3.05) is 32.8 Å². The molecule has 84 valence electrons. The van der Waals surface area contributed by atoms with Crippen LogP contribution in [-0.4, -0.2) is 50.0 Å². The summed E-state index contributed by atoms with van der Waals surface area (Å²) in [7, 11) is 0. The third-order valence-electron chi connectivity index (χ3n) is 2.40. The molecule has 0 aromatic heterocycles. The minimum absolute atomic E-state index is 0.360. The zero-order valence-electron chi connectivity index (χ0n) is 9.66. The second kappa shape index (κ2) is 6.38. The molecule has 1 heterocycles. The zero-order chi connectivity index (χ0) is 10.4. The lowest BCUT2D eigenvalue weighted by Crippen LogP contribution is -2.41. The minimum atomic E-state index is 0.360. The zero-order valence-corrected chi connectivity index (χ0v) is 9.66. The Morgan fingerprint density at radius 1 is 1.50 bits per heavy atom. The van der Waals surface area contributed by atoms with Crippen molar-refractivity contribution in [3.63, 3.8) is 0 Å². The molecule has 3 nitrogen and oxygen atoms in total. The van der Waals surface area contributed by atoms with E-state index < -0.39 is 0 Å². The van der Waals surface area contributed by atoms with E-state index in [1.54, 1.807) is 0 Å². The van der Waals surface area contributed by atoms with Gasteiger partial charge in [0.05, 0.1) is 18.8 Å². The van der Waals surface area contributed by atoms with Gasteiger partial charge in [-0.15, -0.1) is 0 Å². The first-order valence-corrected chi connectivity index (χ1v) is 5.64. The molecule has 3 heteroatoms. The Morgan fingerprint density at radius 2 is 2.29 bits per heavy atom. The summed E-state index contributed by atoms with van der Waals surface area (Å²) in [5.41, 5.74) is 0. The number of morpholine rings is 1. The molecule has 0 amide bonds. The van der Waals surface area contributed by atoms with E-state index in [4.69, 9.17) is 9.47 Å². The lowest BCUT2D eigenvalue weighted by molar-refractivity contribution is -0.0221. The second-order valence-electron chi connectivity index (χ2n) is 4.26. The first-order chi connectivity index (χ1) is 6.68. The van der Waals surface area contributed by atoms with Gasteiger partial charge in [0.2, 0.25) is 0 Å². The topological polar surface area (TPSA) is 21.7 Å². The predicted molar refractivity (Wildman–Crippen MR) is 57.6 cm³/mol. The van der Waals surface area contributed by atoms with E-state index in [1.165, 1.54) is 0 Å². The second-order valence-corrected chi connectivity index (χ2v) is 4.26. The van der Waals surface area contributed by atoms with Gasteiger partial charge in [0, 0.05) is 26.2 Å². The Morgan fingerprint density at radius 3 is 2.93 bits per heavy atom. The highest BCUT2D eigenvalue weighted by molar-refractivity contribution is 4.67. The van der Waals surface area contributed by atoms with E-state index in [-0.39, 0.29) is 0 Å². The Kier molecular flexibility index (Phi) is 5.45. The summed E-state index contributed by atoms with van der Waals surface area (Å²) in [6, 6.07) is 0. The number of rotatable bonds is 5. The van der Waals surface area contributed by atoms with Crippen LogP contribution in [0.5, 0.6) is 0 Å². The van der Waals surface area contributed by atoms with Gasteiger partial charge in [-0.1, -0.05) is 0 Å². The molecule has 0 aromatic rings. The SMILES string of the molecule is CC(C)OCCCN1CCO[C@H](C)C1. The highest BCUT2D eigenvalue weighted by atomic mass is 16.5. The van der Waals surface area contributed by atoms with Gasteiger partial charge in [-0.2, -0.15) is 0 Å². The van der Waals surface area contributed by atoms with Crippen molar-refractivity contribution < 1.29 is 9.47 Å². The van der Waals surface area contributed by atoms with Crippen molar-refractivity contribution in [3.8, 4) is 0 Å². The summed E-state index contributed by atoms with van der Waals surface area (Å²) in [4.78, 5) is 2.46. The maximum atomic E-state index is 5.50. The van der Waals surface area contributed by atoms with Gasteiger partial charge in [-0.05, 0) is 27.2 Å². The van der Waals surface area contributed by atoms with E-state index in [1.807, 2.05) is 0 Å². The number of nitrogens with zero attached hydrogens (tertiary/aromatic N) is 1. The van der Waals surface area contributed by atoms with Gasteiger partial charge in [-0.25, -0.2) is 0 Å². The van der Waals surface area contributed by atoms with Crippen LogP contribution in [-0.2, 0) is 9.47 Å². The highest BCUT2D eigenvalue weighted by Gasteiger charge is 2.15. The molecular weight excluding hydrogens is 178 g/mol. The molecule has 0 radical (unpaired) electrons. The quantitative estimate of drug-likeness (QED) is 0.630. The van der Waals surface area contributed by atoms with E-state index >= 15 is 0 Å². The number of hydrogen-bond donors (Lipinski definition) is 0. The average Bonchev–Trinajstić information content (AvgIpc) is 2.12. The van der Waals surface area contributed by atoms with Gasteiger partial charge in [0.15, 0.2) is 0 Å². The minimum Gasteiger partial charge on any atom is -0.379 e. The molecule has 0 bridgehead atoms. The smallest absolute Gasteiger partial charge is 0.0674 e. The molecule has 1 saturated heterocycles. The normalized spacial score (nSPS) is 24.4.